The number of unbranched alkanes of at least 4 members (excludes halogenated alkanes) is 1. The summed E-state index contributed by atoms with van der Waals surface area (Å²) in [7, 11) is 2.48. The van der Waals surface area contributed by atoms with Crippen LogP contribution < -0.4 is 10.6 Å². The first-order valence-corrected chi connectivity index (χ1v) is 9.13. The van der Waals surface area contributed by atoms with E-state index in [0.29, 0.717) is 25.9 Å². The van der Waals surface area contributed by atoms with Gasteiger partial charge >= 0.3 is 11.9 Å². The number of nitrogens with one attached hydrogen (secondary N) is 2. The maximum absolute atomic E-state index is 12.1. The Morgan fingerprint density at radius 2 is 1.06 bits per heavy atom. The van der Waals surface area contributed by atoms with Crippen molar-refractivity contribution in [1.29, 1.82) is 0 Å². The zero-order valence-electron chi connectivity index (χ0n) is 17.1. The summed E-state index contributed by atoms with van der Waals surface area (Å²) in [6, 6.07) is 9.01. The Hall–Kier alpha value is -3.86. The lowest BCUT2D eigenvalue weighted by Crippen LogP contribution is -2.28. The Morgan fingerprint density at radius 3 is 1.42 bits per heavy atom. The van der Waals surface area contributed by atoms with Gasteiger partial charge in [0.2, 0.25) is 0 Å². The molecule has 2 heterocycles. The predicted molar refractivity (Wildman–Crippen MR) is 109 cm³/mol. The van der Waals surface area contributed by atoms with Crippen LogP contribution in [0.2, 0.25) is 0 Å². The van der Waals surface area contributed by atoms with Crippen LogP contribution in [-0.2, 0) is 9.47 Å². The number of ether oxygens (including phenoxy) is 2. The SMILES string of the molecule is COC(=O)c1cccc(C(=O)NCCCCNC(=O)c2cccc(C(=O)OC)n2)n1.O. The van der Waals surface area contributed by atoms with E-state index in [2.05, 4.69) is 30.1 Å². The van der Waals surface area contributed by atoms with Crippen LogP contribution in [0.4, 0.5) is 0 Å². The molecule has 2 aromatic heterocycles. The summed E-state index contributed by atoms with van der Waals surface area (Å²) < 4.78 is 9.15. The Morgan fingerprint density at radius 1 is 0.710 bits per heavy atom. The van der Waals surface area contributed by atoms with Gasteiger partial charge in [-0.2, -0.15) is 0 Å². The maximum atomic E-state index is 12.1. The van der Waals surface area contributed by atoms with Crippen molar-refractivity contribution in [2.24, 2.45) is 0 Å². The van der Waals surface area contributed by atoms with Crippen molar-refractivity contribution in [2.45, 2.75) is 12.8 Å². The fraction of sp³-hybridized carbons (Fsp3) is 0.300. The van der Waals surface area contributed by atoms with Gasteiger partial charge in [0.25, 0.3) is 11.8 Å². The van der Waals surface area contributed by atoms with Crippen LogP contribution in [0.25, 0.3) is 0 Å². The van der Waals surface area contributed by atoms with Crippen molar-refractivity contribution in [3.8, 4) is 0 Å². The molecule has 2 amide bonds. The van der Waals surface area contributed by atoms with Crippen molar-refractivity contribution < 1.29 is 34.1 Å². The summed E-state index contributed by atoms with van der Waals surface area (Å²) >= 11 is 0. The van der Waals surface area contributed by atoms with Gasteiger partial charge in [-0.15, -0.1) is 0 Å². The van der Waals surface area contributed by atoms with Gasteiger partial charge in [0.15, 0.2) is 0 Å². The largest absolute Gasteiger partial charge is 0.464 e. The molecule has 0 aliphatic rings. The van der Waals surface area contributed by atoms with E-state index in [-0.39, 0.29) is 28.3 Å². The lowest BCUT2D eigenvalue weighted by atomic mass is 10.2. The van der Waals surface area contributed by atoms with E-state index in [0.717, 1.165) is 0 Å². The molecule has 0 saturated heterocycles. The van der Waals surface area contributed by atoms with Crippen molar-refractivity contribution in [3.63, 3.8) is 0 Å². The lowest BCUT2D eigenvalue weighted by molar-refractivity contribution is 0.0584. The summed E-state index contributed by atoms with van der Waals surface area (Å²) in [5.41, 5.74) is 0.334. The third-order valence-corrected chi connectivity index (χ3v) is 3.93. The first-order chi connectivity index (χ1) is 14.5. The minimum absolute atomic E-state index is 0. The molecular formula is C20H24N4O7. The average Bonchev–Trinajstić information content (AvgIpc) is 2.79. The average molecular weight is 432 g/mol. The monoisotopic (exact) mass is 432 g/mol. The highest BCUT2D eigenvalue weighted by molar-refractivity contribution is 5.95. The third-order valence-electron chi connectivity index (χ3n) is 3.93. The molecule has 0 aliphatic carbocycles. The molecule has 0 bridgehead atoms. The highest BCUT2D eigenvalue weighted by Gasteiger charge is 2.13. The zero-order chi connectivity index (χ0) is 21.9. The van der Waals surface area contributed by atoms with Crippen molar-refractivity contribution >= 4 is 23.8 Å². The fourth-order valence-electron chi connectivity index (χ4n) is 2.39. The molecule has 0 spiro atoms. The van der Waals surface area contributed by atoms with Gasteiger partial charge in [0, 0.05) is 13.1 Å². The van der Waals surface area contributed by atoms with E-state index < -0.39 is 23.8 Å². The first-order valence-electron chi connectivity index (χ1n) is 9.13. The van der Waals surface area contributed by atoms with Crippen LogP contribution in [-0.4, -0.2) is 66.5 Å². The van der Waals surface area contributed by atoms with Crippen LogP contribution in [0.15, 0.2) is 36.4 Å². The third kappa shape index (κ3) is 7.48. The molecule has 0 fully saturated rings. The minimum atomic E-state index is -0.619. The molecule has 2 aromatic rings. The minimum Gasteiger partial charge on any atom is -0.464 e. The van der Waals surface area contributed by atoms with E-state index >= 15 is 0 Å². The van der Waals surface area contributed by atoms with Gasteiger partial charge in [-0.3, -0.25) is 9.59 Å². The Bertz CT molecular complexity index is 858. The van der Waals surface area contributed by atoms with Gasteiger partial charge in [0.1, 0.15) is 22.8 Å². The number of esters is 2. The second-order valence-corrected chi connectivity index (χ2v) is 6.02. The summed E-state index contributed by atoms with van der Waals surface area (Å²) in [5, 5.41) is 5.40. The van der Waals surface area contributed by atoms with Crippen molar-refractivity contribution in [3.05, 3.63) is 59.2 Å². The molecule has 31 heavy (non-hydrogen) atoms. The van der Waals surface area contributed by atoms with Gasteiger partial charge < -0.3 is 25.6 Å². The number of pyridine rings is 2. The topological polar surface area (TPSA) is 168 Å². The number of aromatic nitrogens is 2. The van der Waals surface area contributed by atoms with E-state index in [1.165, 1.54) is 38.5 Å². The van der Waals surface area contributed by atoms with E-state index in [1.807, 2.05) is 0 Å². The summed E-state index contributed by atoms with van der Waals surface area (Å²) in [6.45, 7) is 0.740. The molecular weight excluding hydrogens is 408 g/mol. The molecule has 0 aliphatic heterocycles. The van der Waals surface area contributed by atoms with Crippen LogP contribution >= 0.6 is 0 Å². The van der Waals surface area contributed by atoms with Crippen LogP contribution in [0.3, 0.4) is 0 Å². The number of hydrogen-bond acceptors (Lipinski definition) is 8. The highest BCUT2D eigenvalue weighted by Crippen LogP contribution is 2.03. The van der Waals surface area contributed by atoms with Crippen molar-refractivity contribution in [2.75, 3.05) is 27.3 Å². The molecule has 2 rings (SSSR count). The smallest absolute Gasteiger partial charge is 0.356 e. The molecule has 0 radical (unpaired) electrons. The van der Waals surface area contributed by atoms with Gasteiger partial charge in [-0.05, 0) is 37.1 Å². The normalized spacial score (nSPS) is 9.74. The second kappa shape index (κ2) is 12.6. The van der Waals surface area contributed by atoms with Crippen LogP contribution in [0.1, 0.15) is 54.8 Å². The number of carbonyl (C=O) groups excluding carboxylic acids is 4. The number of hydrogen-bond donors (Lipinski definition) is 2. The highest BCUT2D eigenvalue weighted by atomic mass is 16.5. The summed E-state index contributed by atoms with van der Waals surface area (Å²) in [4.78, 5) is 55.1. The number of methoxy groups -OCH3 is 2. The number of rotatable bonds is 9. The van der Waals surface area contributed by atoms with E-state index in [4.69, 9.17) is 0 Å². The molecule has 166 valence electrons. The van der Waals surface area contributed by atoms with Gasteiger partial charge in [0.05, 0.1) is 14.2 Å². The van der Waals surface area contributed by atoms with Crippen LogP contribution in [0.5, 0.6) is 0 Å². The van der Waals surface area contributed by atoms with E-state index in [9.17, 15) is 19.2 Å². The van der Waals surface area contributed by atoms with Gasteiger partial charge in [-0.25, -0.2) is 19.6 Å². The molecule has 0 saturated carbocycles. The standard InChI is InChI=1S/C20H22N4O6.H2O/c1-29-19(27)15-9-5-7-13(23-15)17(25)21-11-3-4-12-22-18(26)14-8-6-10-16(24-14)20(28)30-2;/h5-10H,3-4,11-12H2,1-2H3,(H,21,25)(H,22,26);1H2. The number of carbonyl (C=O) groups is 4. The molecule has 0 unspecified atom stereocenters. The maximum Gasteiger partial charge on any atom is 0.356 e. The quantitative estimate of drug-likeness (QED) is 0.417. The molecule has 0 aromatic carbocycles. The second-order valence-electron chi connectivity index (χ2n) is 6.02. The molecule has 0 atom stereocenters. The number of nitrogens with zero attached hydrogens (tertiary/aromatic N) is 2. The molecule has 11 heteroatoms. The first kappa shape index (κ1) is 25.2. The Labute approximate surface area is 178 Å². The lowest BCUT2D eigenvalue weighted by Gasteiger charge is -2.07. The molecule has 11 nitrogen and oxygen atoms in total. The zero-order valence-corrected chi connectivity index (χ0v) is 17.1. The van der Waals surface area contributed by atoms with E-state index in [1.54, 1.807) is 12.1 Å². The predicted octanol–water partition coefficient (Wildman–Crippen LogP) is 0.165. The fourth-order valence-corrected chi connectivity index (χ4v) is 2.39. The Balaban J connectivity index is 0.00000480. The number of amides is 2. The summed E-state index contributed by atoms with van der Waals surface area (Å²) in [5.74, 6) is -2.05. The van der Waals surface area contributed by atoms with Crippen LogP contribution in [0, 0.1) is 0 Å². The summed E-state index contributed by atoms with van der Waals surface area (Å²) in [6.07, 6.45) is 1.22. The molecule has 4 N–H and O–H groups in total. The Kier molecular flexibility index (Phi) is 10.3. The van der Waals surface area contributed by atoms with Crippen molar-refractivity contribution in [1.82, 2.24) is 20.6 Å². The van der Waals surface area contributed by atoms with Gasteiger partial charge in [-0.1, -0.05) is 12.1 Å².